The molecule has 1 N–H and O–H groups in total. The maximum Gasteiger partial charge on any atom is 0.230 e. The van der Waals surface area contributed by atoms with Crippen LogP contribution in [0.3, 0.4) is 0 Å². The molecule has 1 saturated carbocycles. The van der Waals surface area contributed by atoms with Gasteiger partial charge in [-0.15, -0.1) is 0 Å². The molecule has 0 aliphatic heterocycles. The first-order chi connectivity index (χ1) is 8.55. The van der Waals surface area contributed by atoms with Crippen LogP contribution >= 0.6 is 0 Å². The number of hydrogen-bond acceptors (Lipinski definition) is 2. The molecule has 0 spiro atoms. The van der Waals surface area contributed by atoms with Gasteiger partial charge in [-0.2, -0.15) is 5.26 Å². The van der Waals surface area contributed by atoms with E-state index in [0.29, 0.717) is 5.56 Å². The first-order valence-corrected chi connectivity index (χ1v) is 6.37. The van der Waals surface area contributed by atoms with Crippen molar-refractivity contribution >= 4 is 11.6 Å². The smallest absolute Gasteiger partial charge is 0.230 e. The third kappa shape index (κ3) is 2.38. The van der Waals surface area contributed by atoms with Crippen LogP contribution < -0.4 is 5.32 Å². The van der Waals surface area contributed by atoms with Gasteiger partial charge in [0.1, 0.15) is 0 Å². The van der Waals surface area contributed by atoms with Crippen molar-refractivity contribution in [2.24, 2.45) is 5.41 Å². The molecule has 1 aliphatic rings. The van der Waals surface area contributed by atoms with E-state index >= 15 is 0 Å². The Balaban J connectivity index is 2.19. The lowest BCUT2D eigenvalue weighted by atomic mass is 9.87. The van der Waals surface area contributed by atoms with Crippen LogP contribution in [0.2, 0.25) is 0 Å². The highest BCUT2D eigenvalue weighted by Crippen LogP contribution is 2.38. The lowest BCUT2D eigenvalue weighted by Crippen LogP contribution is -2.31. The predicted octanol–water partition coefficient (Wildman–Crippen LogP) is 3.39. The summed E-state index contributed by atoms with van der Waals surface area (Å²) in [4.78, 5) is 12.3. The summed E-state index contributed by atoms with van der Waals surface area (Å²) < 4.78 is 0. The Kier molecular flexibility index (Phi) is 3.38. The van der Waals surface area contributed by atoms with Gasteiger partial charge in [0, 0.05) is 11.1 Å². The summed E-state index contributed by atoms with van der Waals surface area (Å²) in [5.41, 5.74) is 2.08. The minimum atomic E-state index is -0.241. The molecule has 0 bridgehead atoms. The Labute approximate surface area is 108 Å². The third-order valence-electron chi connectivity index (χ3n) is 3.87. The maximum absolute atomic E-state index is 12.3. The van der Waals surface area contributed by atoms with Gasteiger partial charge in [0.05, 0.1) is 11.6 Å². The zero-order valence-electron chi connectivity index (χ0n) is 10.9. The number of benzene rings is 1. The minimum absolute atomic E-state index is 0.0817. The average molecular weight is 242 g/mol. The van der Waals surface area contributed by atoms with Crippen LogP contribution in [0, 0.1) is 23.7 Å². The van der Waals surface area contributed by atoms with Crippen LogP contribution in [0.4, 0.5) is 5.69 Å². The van der Waals surface area contributed by atoms with Crippen molar-refractivity contribution in [3.05, 3.63) is 29.3 Å². The molecule has 2 rings (SSSR count). The molecule has 0 heterocycles. The van der Waals surface area contributed by atoms with Crippen molar-refractivity contribution in [1.29, 1.82) is 5.26 Å². The Morgan fingerprint density at radius 1 is 1.39 bits per heavy atom. The molecule has 0 radical (unpaired) electrons. The number of nitrogens with one attached hydrogen (secondary N) is 1. The standard InChI is InChI=1S/C15H18N2O/c1-11-5-6-12(10-16)9-13(11)17-14(18)15(2)7-3-4-8-15/h5-6,9H,3-4,7-8H2,1-2H3,(H,17,18). The molecule has 1 fully saturated rings. The summed E-state index contributed by atoms with van der Waals surface area (Å²) in [7, 11) is 0. The zero-order chi connectivity index (χ0) is 13.2. The highest BCUT2D eigenvalue weighted by atomic mass is 16.2. The van der Waals surface area contributed by atoms with Crippen molar-refractivity contribution in [2.45, 2.75) is 39.5 Å². The SMILES string of the molecule is Cc1ccc(C#N)cc1NC(=O)C1(C)CCCC1. The van der Waals surface area contributed by atoms with Gasteiger partial charge in [-0.25, -0.2) is 0 Å². The van der Waals surface area contributed by atoms with Crippen LogP contribution in [-0.2, 0) is 4.79 Å². The van der Waals surface area contributed by atoms with Crippen molar-refractivity contribution < 1.29 is 4.79 Å². The van der Waals surface area contributed by atoms with Gasteiger partial charge in [0.15, 0.2) is 0 Å². The number of hydrogen-bond donors (Lipinski definition) is 1. The molecule has 0 unspecified atom stereocenters. The topological polar surface area (TPSA) is 52.9 Å². The first kappa shape index (κ1) is 12.6. The minimum Gasteiger partial charge on any atom is -0.325 e. The number of anilines is 1. The Bertz CT molecular complexity index is 508. The fraction of sp³-hybridized carbons (Fsp3) is 0.467. The largest absolute Gasteiger partial charge is 0.325 e. The van der Waals surface area contributed by atoms with E-state index < -0.39 is 0 Å². The van der Waals surface area contributed by atoms with Crippen molar-refractivity contribution in [1.82, 2.24) is 0 Å². The van der Waals surface area contributed by atoms with E-state index in [2.05, 4.69) is 11.4 Å². The maximum atomic E-state index is 12.3. The molecule has 0 aromatic heterocycles. The van der Waals surface area contributed by atoms with Crippen molar-refractivity contribution in [3.63, 3.8) is 0 Å². The quantitative estimate of drug-likeness (QED) is 0.864. The second kappa shape index (κ2) is 4.81. The predicted molar refractivity (Wildman–Crippen MR) is 71.1 cm³/mol. The van der Waals surface area contributed by atoms with Crippen molar-refractivity contribution in [3.8, 4) is 6.07 Å². The average Bonchev–Trinajstić information content (AvgIpc) is 2.80. The fourth-order valence-electron chi connectivity index (χ4n) is 2.48. The summed E-state index contributed by atoms with van der Waals surface area (Å²) in [6.45, 7) is 3.96. The second-order valence-corrected chi connectivity index (χ2v) is 5.36. The van der Waals surface area contributed by atoms with Gasteiger partial charge in [-0.1, -0.05) is 25.8 Å². The van der Waals surface area contributed by atoms with Crippen LogP contribution in [0.5, 0.6) is 0 Å². The number of nitriles is 1. The molecular formula is C15H18N2O. The number of carbonyl (C=O) groups excluding carboxylic acids is 1. The number of aryl methyl sites for hydroxylation is 1. The number of rotatable bonds is 2. The van der Waals surface area contributed by atoms with E-state index in [1.807, 2.05) is 19.9 Å². The van der Waals surface area contributed by atoms with E-state index in [0.717, 1.165) is 36.9 Å². The normalized spacial score (nSPS) is 17.2. The molecule has 3 nitrogen and oxygen atoms in total. The van der Waals surface area contributed by atoms with Gasteiger partial charge in [0.25, 0.3) is 0 Å². The first-order valence-electron chi connectivity index (χ1n) is 6.37. The molecule has 3 heteroatoms. The Hall–Kier alpha value is -1.82. The van der Waals surface area contributed by atoms with Crippen molar-refractivity contribution in [2.75, 3.05) is 5.32 Å². The van der Waals surface area contributed by atoms with Crippen LogP contribution in [0.25, 0.3) is 0 Å². The number of carbonyl (C=O) groups is 1. The Morgan fingerprint density at radius 3 is 2.67 bits per heavy atom. The Morgan fingerprint density at radius 2 is 2.06 bits per heavy atom. The lowest BCUT2D eigenvalue weighted by Gasteiger charge is -2.22. The van der Waals surface area contributed by atoms with Gasteiger partial charge < -0.3 is 5.32 Å². The molecule has 1 aromatic carbocycles. The number of nitrogens with zero attached hydrogens (tertiary/aromatic N) is 1. The van der Waals surface area contributed by atoms with Gasteiger partial charge in [-0.05, 0) is 37.5 Å². The highest BCUT2D eigenvalue weighted by molar-refractivity contribution is 5.96. The number of amides is 1. The lowest BCUT2D eigenvalue weighted by molar-refractivity contribution is -0.124. The van der Waals surface area contributed by atoms with E-state index in [-0.39, 0.29) is 11.3 Å². The molecule has 18 heavy (non-hydrogen) atoms. The molecule has 1 aromatic rings. The van der Waals surface area contributed by atoms with Crippen LogP contribution in [-0.4, -0.2) is 5.91 Å². The van der Waals surface area contributed by atoms with E-state index in [1.165, 1.54) is 0 Å². The molecule has 1 aliphatic carbocycles. The monoisotopic (exact) mass is 242 g/mol. The van der Waals surface area contributed by atoms with Gasteiger partial charge in [-0.3, -0.25) is 4.79 Å². The summed E-state index contributed by atoms with van der Waals surface area (Å²) in [5, 5.41) is 11.9. The molecule has 0 atom stereocenters. The van der Waals surface area contributed by atoms with Crippen LogP contribution in [0.1, 0.15) is 43.7 Å². The highest BCUT2D eigenvalue weighted by Gasteiger charge is 2.36. The van der Waals surface area contributed by atoms with Gasteiger partial charge in [0.2, 0.25) is 5.91 Å². The third-order valence-corrected chi connectivity index (χ3v) is 3.87. The van der Waals surface area contributed by atoms with E-state index in [1.54, 1.807) is 12.1 Å². The fourth-order valence-corrected chi connectivity index (χ4v) is 2.48. The molecule has 1 amide bonds. The summed E-state index contributed by atoms with van der Waals surface area (Å²) in [6.07, 6.45) is 4.16. The van der Waals surface area contributed by atoms with E-state index in [9.17, 15) is 4.79 Å². The zero-order valence-corrected chi connectivity index (χ0v) is 10.9. The molecule has 0 saturated heterocycles. The summed E-state index contributed by atoms with van der Waals surface area (Å²) in [5.74, 6) is 0.0817. The molecule has 94 valence electrons. The summed E-state index contributed by atoms with van der Waals surface area (Å²) in [6, 6.07) is 7.47. The van der Waals surface area contributed by atoms with Crippen LogP contribution in [0.15, 0.2) is 18.2 Å². The van der Waals surface area contributed by atoms with E-state index in [4.69, 9.17) is 5.26 Å². The molecular weight excluding hydrogens is 224 g/mol. The second-order valence-electron chi connectivity index (χ2n) is 5.36. The van der Waals surface area contributed by atoms with Gasteiger partial charge >= 0.3 is 0 Å². The summed E-state index contributed by atoms with van der Waals surface area (Å²) >= 11 is 0.